The van der Waals surface area contributed by atoms with Crippen molar-refractivity contribution in [2.45, 2.75) is 31.2 Å². The van der Waals surface area contributed by atoms with Crippen LogP contribution in [-0.4, -0.2) is 33.6 Å². The molecular formula is C14H11F6NO2S. The lowest BCUT2D eigenvalue weighted by Gasteiger charge is -2.25. The van der Waals surface area contributed by atoms with Gasteiger partial charge in [-0.05, 0) is 31.0 Å². The van der Waals surface area contributed by atoms with Crippen molar-refractivity contribution in [2.75, 3.05) is 6.54 Å². The monoisotopic (exact) mass is 371 g/mol. The summed E-state index contributed by atoms with van der Waals surface area (Å²) in [7, 11) is 0. The second-order valence-electron chi connectivity index (χ2n) is 5.29. The molecule has 1 aliphatic rings. The minimum Gasteiger partial charge on any atom is -0.480 e. The molecule has 1 aromatic rings. The molecule has 0 aliphatic carbocycles. The number of alkyl halides is 6. The Hall–Kier alpha value is -1.84. The highest BCUT2D eigenvalue weighted by Gasteiger charge is 2.38. The number of carbonyl (C=O) groups is 1. The molecule has 3 nitrogen and oxygen atoms in total. The van der Waals surface area contributed by atoms with E-state index >= 15 is 0 Å². The van der Waals surface area contributed by atoms with Gasteiger partial charge >= 0.3 is 18.3 Å². The van der Waals surface area contributed by atoms with Gasteiger partial charge in [0.1, 0.15) is 11.0 Å². The maximum Gasteiger partial charge on any atom is 0.416 e. The highest BCUT2D eigenvalue weighted by Crippen LogP contribution is 2.37. The third-order valence-corrected chi connectivity index (χ3v) is 4.10. The van der Waals surface area contributed by atoms with Crippen molar-refractivity contribution < 1.29 is 36.2 Å². The van der Waals surface area contributed by atoms with Crippen molar-refractivity contribution in [2.24, 2.45) is 0 Å². The highest BCUT2D eigenvalue weighted by atomic mass is 32.1. The summed E-state index contributed by atoms with van der Waals surface area (Å²) in [6.45, 7) is 0.160. The molecule has 0 radical (unpaired) electrons. The molecule has 1 aromatic carbocycles. The van der Waals surface area contributed by atoms with Crippen LogP contribution < -0.4 is 0 Å². The smallest absolute Gasteiger partial charge is 0.416 e. The summed E-state index contributed by atoms with van der Waals surface area (Å²) in [4.78, 5) is 11.9. The van der Waals surface area contributed by atoms with Crippen LogP contribution >= 0.6 is 12.2 Å². The van der Waals surface area contributed by atoms with Gasteiger partial charge in [0, 0.05) is 12.1 Å². The number of carboxylic acid groups (broad SMARTS) is 1. The second-order valence-corrected chi connectivity index (χ2v) is 5.68. The molecule has 1 saturated heterocycles. The van der Waals surface area contributed by atoms with E-state index in [9.17, 15) is 31.1 Å². The van der Waals surface area contributed by atoms with Gasteiger partial charge in [0.2, 0.25) is 0 Å². The summed E-state index contributed by atoms with van der Waals surface area (Å²) < 4.78 is 77.2. The van der Waals surface area contributed by atoms with E-state index in [1.165, 1.54) is 0 Å². The number of carboxylic acids is 1. The molecule has 0 bridgehead atoms. The second kappa shape index (κ2) is 6.23. The fraction of sp³-hybridized carbons (Fsp3) is 0.429. The first-order valence-corrected chi connectivity index (χ1v) is 7.15. The van der Waals surface area contributed by atoms with Gasteiger partial charge in [-0.25, -0.2) is 4.79 Å². The number of nitrogens with zero attached hydrogens (tertiary/aromatic N) is 1. The summed E-state index contributed by atoms with van der Waals surface area (Å²) in [5, 5.41) is 9.09. The average molecular weight is 371 g/mol. The molecule has 10 heteroatoms. The van der Waals surface area contributed by atoms with Crippen LogP contribution in [0.25, 0.3) is 0 Å². The third kappa shape index (κ3) is 3.80. The molecule has 0 unspecified atom stereocenters. The quantitative estimate of drug-likeness (QED) is 0.631. The molecule has 1 heterocycles. The van der Waals surface area contributed by atoms with E-state index in [4.69, 9.17) is 17.3 Å². The van der Waals surface area contributed by atoms with Crippen molar-refractivity contribution in [3.8, 4) is 0 Å². The van der Waals surface area contributed by atoms with Crippen molar-refractivity contribution in [3.05, 3.63) is 34.9 Å². The largest absolute Gasteiger partial charge is 0.480 e. The van der Waals surface area contributed by atoms with Crippen molar-refractivity contribution in [1.29, 1.82) is 0 Å². The van der Waals surface area contributed by atoms with Gasteiger partial charge < -0.3 is 10.0 Å². The maximum atomic E-state index is 12.9. The summed E-state index contributed by atoms with van der Waals surface area (Å²) in [6, 6.07) is -0.0321. The minimum atomic E-state index is -4.98. The van der Waals surface area contributed by atoms with Gasteiger partial charge in [0.05, 0.1) is 11.1 Å². The molecule has 1 aliphatic heterocycles. The zero-order valence-corrected chi connectivity index (χ0v) is 12.7. The molecule has 0 spiro atoms. The molecule has 132 valence electrons. The van der Waals surface area contributed by atoms with E-state index in [0.717, 1.165) is 4.90 Å². The van der Waals surface area contributed by atoms with E-state index < -0.39 is 41.1 Å². The molecule has 1 fully saturated rings. The first-order chi connectivity index (χ1) is 10.9. The summed E-state index contributed by atoms with van der Waals surface area (Å²) in [5.41, 5.74) is -3.44. The predicted octanol–water partition coefficient (Wildman–Crippen LogP) is 3.95. The Bertz CT molecular complexity index is 638. The van der Waals surface area contributed by atoms with E-state index in [-0.39, 0.29) is 24.0 Å². The number of hydrogen-bond donors (Lipinski definition) is 1. The predicted molar refractivity (Wildman–Crippen MR) is 75.5 cm³/mol. The zero-order valence-electron chi connectivity index (χ0n) is 11.9. The Balaban J connectivity index is 2.49. The van der Waals surface area contributed by atoms with Gasteiger partial charge in [-0.2, -0.15) is 26.3 Å². The lowest BCUT2D eigenvalue weighted by atomic mass is 10.0. The zero-order chi connectivity index (χ0) is 18.3. The number of likely N-dealkylation sites (tertiary alicyclic amines) is 1. The number of hydrogen-bond acceptors (Lipinski definition) is 2. The highest BCUT2D eigenvalue weighted by molar-refractivity contribution is 7.80. The van der Waals surface area contributed by atoms with Gasteiger partial charge in [-0.15, -0.1) is 0 Å². The van der Waals surface area contributed by atoms with Gasteiger partial charge in [-0.3, -0.25) is 0 Å². The maximum absolute atomic E-state index is 12.9. The van der Waals surface area contributed by atoms with Crippen molar-refractivity contribution in [3.63, 3.8) is 0 Å². The van der Waals surface area contributed by atoms with E-state index in [1.54, 1.807) is 0 Å². The van der Waals surface area contributed by atoms with Crippen LogP contribution in [0.3, 0.4) is 0 Å². The molecule has 24 heavy (non-hydrogen) atoms. The van der Waals surface area contributed by atoms with Gasteiger partial charge in [0.25, 0.3) is 0 Å². The molecule has 1 atom stereocenters. The number of aliphatic carboxylic acids is 1. The van der Waals surface area contributed by atoms with Crippen LogP contribution in [0.1, 0.15) is 29.5 Å². The Morgan fingerprint density at radius 3 is 2.00 bits per heavy atom. The van der Waals surface area contributed by atoms with Crippen molar-refractivity contribution in [1.82, 2.24) is 4.90 Å². The number of thiocarbonyl (C=S) groups is 1. The molecule has 0 saturated carbocycles. The fourth-order valence-electron chi connectivity index (χ4n) is 2.51. The molecule has 2 rings (SSSR count). The van der Waals surface area contributed by atoms with Crippen LogP contribution in [-0.2, 0) is 17.1 Å². The lowest BCUT2D eigenvalue weighted by molar-refractivity contribution is -0.143. The molecule has 0 aromatic heterocycles. The standard InChI is InChI=1S/C14H11F6NO2S/c15-13(16,17)8-4-7(5-9(6-8)14(18,19)20)11(24)21-3-1-2-10(21)12(22)23/h4-6,10H,1-3H2,(H,22,23)/t10-/m0/s1. The Morgan fingerprint density at radius 2 is 1.58 bits per heavy atom. The van der Waals surface area contributed by atoms with Crippen LogP contribution in [0, 0.1) is 0 Å². The first kappa shape index (κ1) is 18.5. The van der Waals surface area contributed by atoms with Crippen molar-refractivity contribution >= 4 is 23.2 Å². The lowest BCUT2D eigenvalue weighted by Crippen LogP contribution is -2.40. The Labute approximate surface area is 137 Å². The number of halogens is 6. The summed E-state index contributed by atoms with van der Waals surface area (Å²) in [6.07, 6.45) is -9.31. The van der Waals surface area contributed by atoms with Gasteiger partial charge in [-0.1, -0.05) is 12.2 Å². The van der Waals surface area contributed by atoms with Crippen LogP contribution in [0.2, 0.25) is 0 Å². The Kier molecular flexibility index (Phi) is 4.80. The molecule has 1 N–H and O–H groups in total. The Morgan fingerprint density at radius 1 is 1.08 bits per heavy atom. The van der Waals surface area contributed by atoms with Gasteiger partial charge in [0.15, 0.2) is 0 Å². The molecular weight excluding hydrogens is 360 g/mol. The topological polar surface area (TPSA) is 40.5 Å². The third-order valence-electron chi connectivity index (χ3n) is 3.63. The van der Waals surface area contributed by atoms with E-state index in [2.05, 4.69) is 0 Å². The van der Waals surface area contributed by atoms with E-state index in [0.29, 0.717) is 18.6 Å². The average Bonchev–Trinajstić information content (AvgIpc) is 2.93. The van der Waals surface area contributed by atoms with Crippen LogP contribution in [0.5, 0.6) is 0 Å². The summed E-state index contributed by atoms with van der Waals surface area (Å²) >= 11 is 4.97. The fourth-order valence-corrected chi connectivity index (χ4v) is 2.85. The molecule has 0 amide bonds. The van der Waals surface area contributed by atoms with Crippen LogP contribution in [0.4, 0.5) is 26.3 Å². The number of benzene rings is 1. The van der Waals surface area contributed by atoms with E-state index in [1.807, 2.05) is 0 Å². The SMILES string of the molecule is O=C(O)[C@@H]1CCCN1C(=S)c1cc(C(F)(F)F)cc(C(F)(F)F)c1. The minimum absolute atomic E-state index is 0.00474. The van der Waals surface area contributed by atoms with Crippen LogP contribution in [0.15, 0.2) is 18.2 Å². The number of rotatable bonds is 2. The first-order valence-electron chi connectivity index (χ1n) is 6.74. The normalized spacial score (nSPS) is 18.8. The summed E-state index contributed by atoms with van der Waals surface area (Å²) in [5.74, 6) is -1.22.